The van der Waals surface area contributed by atoms with Gasteiger partial charge in [0.25, 0.3) is 0 Å². The molecule has 0 saturated heterocycles. The van der Waals surface area contributed by atoms with Crippen LogP contribution in [-0.4, -0.2) is 0 Å². The van der Waals surface area contributed by atoms with Crippen molar-refractivity contribution in [2.45, 2.75) is 34.6 Å². The first-order valence-electron chi connectivity index (χ1n) is 4.84. The smallest absolute Gasteiger partial charge is 0.00826 e. The molecule has 0 aromatic rings. The molecule has 0 aliphatic heterocycles. The lowest BCUT2D eigenvalue weighted by molar-refractivity contribution is 0.481. The highest BCUT2D eigenvalue weighted by Crippen LogP contribution is 2.33. The van der Waals surface area contributed by atoms with Crippen molar-refractivity contribution in [2.75, 3.05) is 0 Å². The zero-order valence-electron chi connectivity index (χ0n) is 8.81. The Morgan fingerprint density at radius 2 is 1.83 bits per heavy atom. The predicted molar refractivity (Wildman–Crippen MR) is 53.7 cm³/mol. The van der Waals surface area contributed by atoms with Gasteiger partial charge < -0.3 is 0 Å². The van der Waals surface area contributed by atoms with Gasteiger partial charge in [-0.3, -0.25) is 0 Å². The molecule has 0 fully saturated rings. The molecular formula is C12H19. The van der Waals surface area contributed by atoms with Gasteiger partial charge in [-0.1, -0.05) is 39.3 Å². The molecule has 0 bridgehead atoms. The molecule has 1 rings (SSSR count). The summed E-state index contributed by atoms with van der Waals surface area (Å²) in [4.78, 5) is 0. The highest BCUT2D eigenvalue weighted by atomic mass is 14.3. The van der Waals surface area contributed by atoms with Crippen LogP contribution in [0.5, 0.6) is 0 Å². The van der Waals surface area contributed by atoms with Crippen LogP contribution in [0, 0.1) is 23.8 Å². The molecule has 1 unspecified atom stereocenters. The van der Waals surface area contributed by atoms with Gasteiger partial charge in [-0.25, -0.2) is 0 Å². The van der Waals surface area contributed by atoms with E-state index in [1.165, 1.54) is 5.57 Å². The van der Waals surface area contributed by atoms with Crippen molar-refractivity contribution in [1.82, 2.24) is 0 Å². The normalized spacial score (nSPS) is 23.4. The molecule has 12 heavy (non-hydrogen) atoms. The summed E-state index contributed by atoms with van der Waals surface area (Å²) in [7, 11) is 0. The van der Waals surface area contributed by atoms with Crippen molar-refractivity contribution in [3.8, 4) is 0 Å². The van der Waals surface area contributed by atoms with E-state index in [-0.39, 0.29) is 0 Å². The summed E-state index contributed by atoms with van der Waals surface area (Å²) < 4.78 is 0. The van der Waals surface area contributed by atoms with Gasteiger partial charge in [0.15, 0.2) is 0 Å². The summed E-state index contributed by atoms with van der Waals surface area (Å²) in [6.07, 6.45) is 5.81. The van der Waals surface area contributed by atoms with E-state index < -0.39 is 0 Å². The molecule has 0 amide bonds. The Hall–Kier alpha value is -0.520. The lowest BCUT2D eigenvalue weighted by atomic mass is 9.85. The lowest BCUT2D eigenvalue weighted by Crippen LogP contribution is -2.10. The van der Waals surface area contributed by atoms with Crippen molar-refractivity contribution in [1.29, 1.82) is 0 Å². The summed E-state index contributed by atoms with van der Waals surface area (Å²) >= 11 is 0. The topological polar surface area (TPSA) is 0 Å². The third-order valence-corrected chi connectivity index (χ3v) is 2.46. The van der Waals surface area contributed by atoms with Crippen LogP contribution in [0.1, 0.15) is 34.6 Å². The summed E-state index contributed by atoms with van der Waals surface area (Å²) in [6, 6.07) is 0. The molecular weight excluding hydrogens is 144 g/mol. The van der Waals surface area contributed by atoms with Gasteiger partial charge in [0.2, 0.25) is 0 Å². The standard InChI is InChI=1S/C12H19/c1-8(2)11-6-10(5)7-12(11)9(3)4/h6,8-9,12H,1-5H3. The Morgan fingerprint density at radius 3 is 2.17 bits per heavy atom. The second-order valence-electron chi connectivity index (χ2n) is 4.35. The molecule has 1 radical (unpaired) electrons. The maximum atomic E-state index is 3.51. The molecule has 0 heteroatoms. The number of rotatable bonds is 2. The minimum absolute atomic E-state index is 0.574. The van der Waals surface area contributed by atoms with Crippen molar-refractivity contribution < 1.29 is 0 Å². The highest BCUT2D eigenvalue weighted by Gasteiger charge is 2.22. The van der Waals surface area contributed by atoms with Gasteiger partial charge in [0.1, 0.15) is 0 Å². The quantitative estimate of drug-likeness (QED) is 0.583. The van der Waals surface area contributed by atoms with E-state index in [1.807, 2.05) is 0 Å². The van der Waals surface area contributed by atoms with Gasteiger partial charge in [0.05, 0.1) is 0 Å². The molecule has 1 atom stereocenters. The number of hydrogen-bond acceptors (Lipinski definition) is 0. The molecule has 0 saturated carbocycles. The third kappa shape index (κ3) is 1.80. The average molecular weight is 163 g/mol. The first kappa shape index (κ1) is 9.57. The fourth-order valence-electron chi connectivity index (χ4n) is 1.79. The van der Waals surface area contributed by atoms with E-state index >= 15 is 0 Å². The van der Waals surface area contributed by atoms with Crippen molar-refractivity contribution in [3.05, 3.63) is 23.3 Å². The van der Waals surface area contributed by atoms with Crippen LogP contribution in [0.3, 0.4) is 0 Å². The van der Waals surface area contributed by atoms with Crippen molar-refractivity contribution in [2.24, 2.45) is 17.8 Å². The Kier molecular flexibility index (Phi) is 2.76. The minimum atomic E-state index is 0.574. The monoisotopic (exact) mass is 163 g/mol. The maximum absolute atomic E-state index is 3.51. The van der Waals surface area contributed by atoms with Crippen LogP contribution in [-0.2, 0) is 0 Å². The van der Waals surface area contributed by atoms with Gasteiger partial charge in [-0.15, -0.1) is 0 Å². The Balaban J connectivity index is 2.82. The Morgan fingerprint density at radius 1 is 1.25 bits per heavy atom. The van der Waals surface area contributed by atoms with Crippen LogP contribution >= 0.6 is 0 Å². The zero-order chi connectivity index (χ0) is 9.30. The first-order valence-corrected chi connectivity index (χ1v) is 4.84. The van der Waals surface area contributed by atoms with E-state index in [0.29, 0.717) is 17.8 Å². The molecule has 0 spiro atoms. The SMILES string of the molecule is CC1=[C]C(C(C)C)C(C(C)C)=C1. The van der Waals surface area contributed by atoms with Crippen LogP contribution < -0.4 is 0 Å². The summed E-state index contributed by atoms with van der Waals surface area (Å²) in [5, 5.41) is 0. The third-order valence-electron chi connectivity index (χ3n) is 2.46. The molecule has 0 aromatic heterocycles. The van der Waals surface area contributed by atoms with Crippen molar-refractivity contribution >= 4 is 0 Å². The van der Waals surface area contributed by atoms with E-state index in [2.05, 4.69) is 46.8 Å². The first-order chi connectivity index (χ1) is 5.52. The fourth-order valence-corrected chi connectivity index (χ4v) is 1.79. The second-order valence-corrected chi connectivity index (χ2v) is 4.35. The van der Waals surface area contributed by atoms with Gasteiger partial charge in [-0.2, -0.15) is 0 Å². The largest absolute Gasteiger partial charge is 0.0619 e. The summed E-state index contributed by atoms with van der Waals surface area (Å²) in [5.41, 5.74) is 2.87. The molecule has 0 N–H and O–H groups in total. The molecule has 67 valence electrons. The van der Waals surface area contributed by atoms with E-state index in [0.717, 1.165) is 0 Å². The molecule has 0 heterocycles. The molecule has 0 nitrogen and oxygen atoms in total. The van der Waals surface area contributed by atoms with Gasteiger partial charge in [0, 0.05) is 5.92 Å². The summed E-state index contributed by atoms with van der Waals surface area (Å²) in [6.45, 7) is 11.2. The van der Waals surface area contributed by atoms with Gasteiger partial charge in [-0.05, 0) is 30.4 Å². The lowest BCUT2D eigenvalue weighted by Gasteiger charge is -2.19. The maximum Gasteiger partial charge on any atom is 0.00826 e. The van der Waals surface area contributed by atoms with Crippen LogP contribution in [0.25, 0.3) is 0 Å². The van der Waals surface area contributed by atoms with Crippen LogP contribution in [0.4, 0.5) is 0 Å². The summed E-state index contributed by atoms with van der Waals surface area (Å²) in [5.74, 6) is 1.93. The molecule has 1 aliphatic rings. The van der Waals surface area contributed by atoms with Gasteiger partial charge >= 0.3 is 0 Å². The van der Waals surface area contributed by atoms with Crippen LogP contribution in [0.2, 0.25) is 0 Å². The number of allylic oxidation sites excluding steroid dienone is 4. The fraction of sp³-hybridized carbons (Fsp3) is 0.667. The van der Waals surface area contributed by atoms with Crippen molar-refractivity contribution in [3.63, 3.8) is 0 Å². The Labute approximate surface area is 76.4 Å². The molecule has 0 aromatic carbocycles. The second kappa shape index (κ2) is 3.47. The van der Waals surface area contributed by atoms with Crippen LogP contribution in [0.15, 0.2) is 17.2 Å². The van der Waals surface area contributed by atoms with E-state index in [1.54, 1.807) is 5.57 Å². The average Bonchev–Trinajstić information content (AvgIpc) is 2.31. The van der Waals surface area contributed by atoms with E-state index in [4.69, 9.17) is 0 Å². The Bertz CT molecular complexity index is 216. The highest BCUT2D eigenvalue weighted by molar-refractivity contribution is 5.32. The predicted octanol–water partition coefficient (Wildman–Crippen LogP) is 3.60. The minimum Gasteiger partial charge on any atom is -0.0619 e. The number of hydrogen-bond donors (Lipinski definition) is 0. The molecule has 1 aliphatic carbocycles. The van der Waals surface area contributed by atoms with E-state index in [9.17, 15) is 0 Å². The zero-order valence-corrected chi connectivity index (χ0v) is 8.81.